The molecule has 1 amide bonds. The molecule has 1 heterocycles. The molecule has 1 fully saturated rings. The number of rotatable bonds is 8. The van der Waals surface area contributed by atoms with Gasteiger partial charge in [-0.2, -0.15) is 0 Å². The van der Waals surface area contributed by atoms with Crippen molar-refractivity contribution in [1.29, 1.82) is 0 Å². The molecule has 1 aliphatic carbocycles. The van der Waals surface area contributed by atoms with Gasteiger partial charge in [0.15, 0.2) is 11.5 Å². The van der Waals surface area contributed by atoms with Crippen molar-refractivity contribution in [1.82, 2.24) is 5.32 Å². The van der Waals surface area contributed by atoms with Crippen LogP contribution in [0.4, 0.5) is 0 Å². The number of carbonyl (C=O) groups is 2. The summed E-state index contributed by atoms with van der Waals surface area (Å²) >= 11 is 0. The van der Waals surface area contributed by atoms with Crippen molar-refractivity contribution in [2.75, 3.05) is 27.4 Å². The first-order valence-electron chi connectivity index (χ1n) is 10.1. The Labute approximate surface area is 175 Å². The molecule has 4 rings (SSSR count). The second-order valence-corrected chi connectivity index (χ2v) is 7.34. The van der Waals surface area contributed by atoms with Crippen molar-refractivity contribution in [3.63, 3.8) is 0 Å². The summed E-state index contributed by atoms with van der Waals surface area (Å²) in [5.41, 5.74) is 3.23. The van der Waals surface area contributed by atoms with E-state index in [9.17, 15) is 9.59 Å². The fourth-order valence-corrected chi connectivity index (χ4v) is 3.81. The lowest BCUT2D eigenvalue weighted by Crippen LogP contribution is -2.25. The molecule has 7 heteroatoms. The molecule has 1 N–H and O–H groups in total. The monoisotopic (exact) mass is 411 g/mol. The number of hydrogen-bond acceptors (Lipinski definition) is 6. The Hall–Kier alpha value is -3.22. The van der Waals surface area contributed by atoms with E-state index in [1.54, 1.807) is 20.3 Å². The zero-order valence-electron chi connectivity index (χ0n) is 17.2. The van der Waals surface area contributed by atoms with Crippen LogP contribution in [-0.2, 0) is 16.1 Å². The van der Waals surface area contributed by atoms with E-state index in [4.69, 9.17) is 18.9 Å². The number of methoxy groups -OCH3 is 2. The molecule has 1 aliphatic heterocycles. The average molecular weight is 411 g/mol. The predicted molar refractivity (Wildman–Crippen MR) is 110 cm³/mol. The van der Waals surface area contributed by atoms with Gasteiger partial charge in [-0.05, 0) is 42.2 Å². The molecule has 0 saturated heterocycles. The summed E-state index contributed by atoms with van der Waals surface area (Å²) in [5, 5.41) is 2.86. The van der Waals surface area contributed by atoms with Crippen molar-refractivity contribution < 1.29 is 28.5 Å². The minimum atomic E-state index is -0.159. The molecule has 2 aromatic carbocycles. The third-order valence-electron chi connectivity index (χ3n) is 5.65. The van der Waals surface area contributed by atoms with Gasteiger partial charge >= 0.3 is 5.97 Å². The highest BCUT2D eigenvalue weighted by atomic mass is 16.6. The van der Waals surface area contributed by atoms with Gasteiger partial charge < -0.3 is 24.3 Å². The molecule has 0 spiro atoms. The van der Waals surface area contributed by atoms with E-state index in [1.165, 1.54) is 0 Å². The van der Waals surface area contributed by atoms with Crippen LogP contribution in [-0.4, -0.2) is 39.3 Å². The maximum atomic E-state index is 12.1. The van der Waals surface area contributed by atoms with E-state index in [-0.39, 0.29) is 31.0 Å². The molecule has 2 aromatic rings. The number of hydrogen-bond donors (Lipinski definition) is 1. The first-order chi connectivity index (χ1) is 14.6. The van der Waals surface area contributed by atoms with Crippen LogP contribution in [0.2, 0.25) is 0 Å². The van der Waals surface area contributed by atoms with Crippen molar-refractivity contribution >= 4 is 11.9 Å². The fraction of sp³-hybridized carbons (Fsp3) is 0.391. The smallest absolute Gasteiger partial charge is 0.309 e. The Kier molecular flexibility index (Phi) is 5.79. The second-order valence-electron chi connectivity index (χ2n) is 7.34. The van der Waals surface area contributed by atoms with Gasteiger partial charge in [0.05, 0.1) is 20.1 Å². The van der Waals surface area contributed by atoms with Gasteiger partial charge in [0, 0.05) is 17.7 Å². The van der Waals surface area contributed by atoms with Crippen LogP contribution in [0.3, 0.4) is 0 Å². The van der Waals surface area contributed by atoms with E-state index in [2.05, 4.69) is 5.32 Å². The number of nitrogens with one attached hydrogen (secondary N) is 1. The highest BCUT2D eigenvalue weighted by Gasteiger charge is 2.27. The topological polar surface area (TPSA) is 83.1 Å². The number of esters is 1. The van der Waals surface area contributed by atoms with Crippen molar-refractivity contribution in [2.45, 2.75) is 25.8 Å². The molecule has 0 bridgehead atoms. The molecule has 1 saturated carbocycles. The molecule has 0 aromatic heterocycles. The lowest BCUT2D eigenvalue weighted by atomic mass is 9.86. The zero-order valence-corrected chi connectivity index (χ0v) is 17.2. The van der Waals surface area contributed by atoms with Gasteiger partial charge in [-0.25, -0.2) is 0 Å². The largest absolute Gasteiger partial charge is 0.493 e. The quantitative estimate of drug-likeness (QED) is 0.530. The minimum absolute atomic E-state index is 0.0314. The molecule has 0 unspecified atom stereocenters. The van der Waals surface area contributed by atoms with Crippen LogP contribution in [0.15, 0.2) is 30.3 Å². The third kappa shape index (κ3) is 3.67. The number of carbonyl (C=O) groups excluding carboxylic acids is 2. The SMILES string of the molecule is COc1ccc(-c2cccc3c2CNC3=O)c(OCCOC(=O)C2CCC2)c1OC. The highest BCUT2D eigenvalue weighted by molar-refractivity contribution is 6.01. The number of benzene rings is 2. The summed E-state index contributed by atoms with van der Waals surface area (Å²) in [4.78, 5) is 24.0. The van der Waals surface area contributed by atoms with Crippen molar-refractivity contribution in [2.24, 2.45) is 5.92 Å². The lowest BCUT2D eigenvalue weighted by molar-refractivity contribution is -0.152. The van der Waals surface area contributed by atoms with Crippen LogP contribution in [0.5, 0.6) is 17.2 Å². The molecule has 0 radical (unpaired) electrons. The summed E-state index contributed by atoms with van der Waals surface area (Å²) in [6.07, 6.45) is 2.89. The summed E-state index contributed by atoms with van der Waals surface area (Å²) in [6, 6.07) is 9.29. The van der Waals surface area contributed by atoms with Gasteiger partial charge in [-0.3, -0.25) is 9.59 Å². The number of fused-ring (bicyclic) bond motifs is 1. The number of ether oxygens (including phenoxy) is 4. The molecule has 2 aliphatic rings. The van der Waals surface area contributed by atoms with E-state index in [1.807, 2.05) is 24.3 Å². The molecular weight excluding hydrogens is 386 g/mol. The van der Waals surface area contributed by atoms with E-state index < -0.39 is 0 Å². The molecule has 0 atom stereocenters. The summed E-state index contributed by atoms with van der Waals surface area (Å²) in [5.74, 6) is 1.26. The van der Waals surface area contributed by atoms with Crippen LogP contribution in [0.25, 0.3) is 11.1 Å². The molecular formula is C23H25NO6. The highest BCUT2D eigenvalue weighted by Crippen LogP contribution is 2.46. The molecule has 30 heavy (non-hydrogen) atoms. The van der Waals surface area contributed by atoms with Gasteiger partial charge in [-0.1, -0.05) is 18.6 Å². The Bertz CT molecular complexity index is 966. The second kappa shape index (κ2) is 8.65. The van der Waals surface area contributed by atoms with Crippen LogP contribution in [0, 0.1) is 5.92 Å². The van der Waals surface area contributed by atoms with Gasteiger partial charge in [0.1, 0.15) is 13.2 Å². The molecule has 158 valence electrons. The van der Waals surface area contributed by atoms with Crippen molar-refractivity contribution in [3.8, 4) is 28.4 Å². The lowest BCUT2D eigenvalue weighted by Gasteiger charge is -2.23. The summed E-state index contributed by atoms with van der Waals surface area (Å²) in [6.45, 7) is 0.792. The number of amides is 1. The van der Waals surface area contributed by atoms with E-state index in [0.717, 1.165) is 36.0 Å². The predicted octanol–water partition coefficient (Wildman–Crippen LogP) is 3.34. The maximum absolute atomic E-state index is 12.1. The van der Waals surface area contributed by atoms with Crippen LogP contribution < -0.4 is 19.5 Å². The molecule has 7 nitrogen and oxygen atoms in total. The van der Waals surface area contributed by atoms with E-state index >= 15 is 0 Å². The van der Waals surface area contributed by atoms with E-state index in [0.29, 0.717) is 29.4 Å². The zero-order chi connectivity index (χ0) is 21.1. The van der Waals surface area contributed by atoms with Crippen LogP contribution >= 0.6 is 0 Å². The standard InChI is InChI=1S/C23H25NO6/c1-27-19-10-9-16(15-7-4-8-17-18(15)13-24-22(17)25)20(21(19)28-2)29-11-12-30-23(26)14-5-3-6-14/h4,7-10,14H,3,5-6,11-13H2,1-2H3,(H,24,25). The normalized spacial score (nSPS) is 15.1. The van der Waals surface area contributed by atoms with Crippen LogP contribution in [0.1, 0.15) is 35.2 Å². The van der Waals surface area contributed by atoms with Gasteiger partial charge in [0.25, 0.3) is 5.91 Å². The fourth-order valence-electron chi connectivity index (χ4n) is 3.81. The van der Waals surface area contributed by atoms with Gasteiger partial charge in [-0.15, -0.1) is 0 Å². The Morgan fingerprint density at radius 1 is 1.00 bits per heavy atom. The summed E-state index contributed by atoms with van der Waals surface area (Å²) in [7, 11) is 3.11. The minimum Gasteiger partial charge on any atom is -0.493 e. The third-order valence-corrected chi connectivity index (χ3v) is 5.65. The average Bonchev–Trinajstić information content (AvgIpc) is 3.10. The maximum Gasteiger partial charge on any atom is 0.309 e. The Morgan fingerprint density at radius 2 is 1.80 bits per heavy atom. The Morgan fingerprint density at radius 3 is 2.50 bits per heavy atom. The van der Waals surface area contributed by atoms with Gasteiger partial charge in [0.2, 0.25) is 5.75 Å². The summed E-state index contributed by atoms with van der Waals surface area (Å²) < 4.78 is 22.4. The first-order valence-corrected chi connectivity index (χ1v) is 10.1. The first kappa shape index (κ1) is 20.1. The van der Waals surface area contributed by atoms with Crippen molar-refractivity contribution in [3.05, 3.63) is 41.5 Å². The Balaban J connectivity index is 1.61.